The topological polar surface area (TPSA) is 46.5 Å². The van der Waals surface area contributed by atoms with Crippen LogP contribution in [0.25, 0.3) is 11.2 Å². The molecular formula is C6H5FN4S. The second-order valence-corrected chi connectivity index (χ2v) is 2.76. The number of aromatic amines is 1. The summed E-state index contributed by atoms with van der Waals surface area (Å²) in [6.07, 6.45) is 1.01. The van der Waals surface area contributed by atoms with E-state index >= 15 is 0 Å². The van der Waals surface area contributed by atoms with Crippen molar-refractivity contribution in [3.63, 3.8) is 0 Å². The van der Waals surface area contributed by atoms with Gasteiger partial charge in [0.25, 0.3) is 6.08 Å². The first kappa shape index (κ1) is 7.35. The Morgan fingerprint density at radius 3 is 3.08 bits per heavy atom. The van der Waals surface area contributed by atoms with Gasteiger partial charge in [0.15, 0.2) is 5.65 Å². The first-order valence-electron chi connectivity index (χ1n) is 3.26. The van der Waals surface area contributed by atoms with Gasteiger partial charge in [0.05, 0.1) is 0 Å². The largest absolute Gasteiger partial charge is 0.325 e. The number of halogens is 1. The molecule has 0 fully saturated rings. The van der Waals surface area contributed by atoms with Crippen LogP contribution in [0.15, 0.2) is 6.20 Å². The van der Waals surface area contributed by atoms with Gasteiger partial charge >= 0.3 is 0 Å². The number of fused-ring (bicyclic) bond motifs is 1. The number of nitrogens with one attached hydrogen (secondary N) is 1. The molecule has 0 aromatic carbocycles. The van der Waals surface area contributed by atoms with Crippen LogP contribution in [0.4, 0.5) is 4.39 Å². The molecule has 0 saturated heterocycles. The van der Waals surface area contributed by atoms with Gasteiger partial charge in [-0.25, -0.2) is 0 Å². The highest BCUT2D eigenvalue weighted by molar-refractivity contribution is 7.71. The molecule has 0 saturated carbocycles. The molecule has 1 N–H and O–H groups in total. The number of aromatic nitrogens is 4. The van der Waals surface area contributed by atoms with Crippen LogP contribution in [0.2, 0.25) is 0 Å². The van der Waals surface area contributed by atoms with Gasteiger partial charge in [-0.2, -0.15) is 14.4 Å². The monoisotopic (exact) mass is 184 g/mol. The lowest BCUT2D eigenvalue weighted by Gasteiger charge is -1.94. The number of H-pyrrole nitrogens is 1. The van der Waals surface area contributed by atoms with E-state index in [-0.39, 0.29) is 0 Å². The maximum absolute atomic E-state index is 12.5. The van der Waals surface area contributed by atoms with Gasteiger partial charge in [-0.1, -0.05) is 0 Å². The lowest BCUT2D eigenvalue weighted by Crippen LogP contribution is -1.94. The summed E-state index contributed by atoms with van der Waals surface area (Å²) in [5.41, 5.74) is 0.860. The molecule has 12 heavy (non-hydrogen) atoms. The number of hydrogen-bond acceptors (Lipinski definition) is 3. The fraction of sp³-hybridized carbons (Fsp3) is 0.167. The van der Waals surface area contributed by atoms with Crippen LogP contribution >= 0.6 is 12.2 Å². The van der Waals surface area contributed by atoms with Gasteiger partial charge in [0.1, 0.15) is 5.52 Å². The zero-order valence-electron chi connectivity index (χ0n) is 6.21. The first-order chi connectivity index (χ1) is 5.66. The molecule has 0 radical (unpaired) electrons. The number of aryl methyl sites for hydroxylation is 1. The molecule has 0 bridgehead atoms. The zero-order chi connectivity index (χ0) is 8.72. The minimum Gasteiger partial charge on any atom is -0.325 e. The van der Waals surface area contributed by atoms with Crippen molar-refractivity contribution in [2.45, 2.75) is 0 Å². The van der Waals surface area contributed by atoms with Crippen LogP contribution in [0, 0.1) is 10.8 Å². The van der Waals surface area contributed by atoms with Crippen LogP contribution < -0.4 is 0 Å². The smallest absolute Gasteiger partial charge is 0.289 e. The third kappa shape index (κ3) is 1.00. The van der Waals surface area contributed by atoms with Crippen LogP contribution in [-0.4, -0.2) is 19.5 Å². The molecule has 0 amide bonds. The Kier molecular flexibility index (Phi) is 1.44. The molecule has 2 heterocycles. The van der Waals surface area contributed by atoms with Crippen molar-refractivity contribution >= 4 is 23.4 Å². The predicted octanol–water partition coefficient (Wildman–Crippen LogP) is 1.16. The van der Waals surface area contributed by atoms with Crippen LogP contribution in [0.5, 0.6) is 0 Å². The molecule has 0 aliphatic carbocycles. The van der Waals surface area contributed by atoms with Gasteiger partial charge in [0.2, 0.25) is 4.77 Å². The molecule has 6 heteroatoms. The maximum atomic E-state index is 12.5. The number of hydrogen-bond donors (Lipinski definition) is 1. The van der Waals surface area contributed by atoms with Crippen LogP contribution in [-0.2, 0) is 7.05 Å². The molecule has 0 aliphatic heterocycles. The fourth-order valence-corrected chi connectivity index (χ4v) is 1.08. The summed E-state index contributed by atoms with van der Waals surface area (Å²) in [6.45, 7) is 0. The summed E-state index contributed by atoms with van der Waals surface area (Å²) in [7, 11) is 1.74. The van der Waals surface area contributed by atoms with Gasteiger partial charge in [-0.3, -0.25) is 0 Å². The van der Waals surface area contributed by atoms with E-state index in [0.717, 1.165) is 0 Å². The van der Waals surface area contributed by atoms with Crippen molar-refractivity contribution in [1.29, 1.82) is 0 Å². The van der Waals surface area contributed by atoms with Gasteiger partial charge in [-0.15, -0.1) is 0 Å². The van der Waals surface area contributed by atoms with Crippen LogP contribution in [0.1, 0.15) is 0 Å². The van der Waals surface area contributed by atoms with E-state index in [1.165, 1.54) is 0 Å². The van der Waals surface area contributed by atoms with E-state index in [2.05, 4.69) is 15.0 Å². The van der Waals surface area contributed by atoms with Crippen molar-refractivity contribution in [1.82, 2.24) is 19.5 Å². The fourth-order valence-electron chi connectivity index (χ4n) is 0.942. The maximum Gasteiger partial charge on any atom is 0.289 e. The Morgan fingerprint density at radius 2 is 2.33 bits per heavy atom. The van der Waals surface area contributed by atoms with Crippen molar-refractivity contribution in [2.24, 2.45) is 7.05 Å². The summed E-state index contributed by atoms with van der Waals surface area (Å²) in [6, 6.07) is 0. The van der Waals surface area contributed by atoms with Gasteiger partial charge < -0.3 is 9.55 Å². The average Bonchev–Trinajstić information content (AvgIpc) is 2.30. The first-order valence-corrected chi connectivity index (χ1v) is 3.66. The minimum atomic E-state index is -0.641. The van der Waals surface area contributed by atoms with E-state index in [9.17, 15) is 4.39 Å². The highest BCUT2D eigenvalue weighted by Gasteiger charge is 2.02. The van der Waals surface area contributed by atoms with E-state index < -0.39 is 6.08 Å². The zero-order valence-corrected chi connectivity index (χ0v) is 7.02. The molecule has 2 aromatic rings. The molecule has 62 valence electrons. The highest BCUT2D eigenvalue weighted by Crippen LogP contribution is 2.06. The molecule has 0 spiro atoms. The number of nitrogens with zero attached hydrogens (tertiary/aromatic N) is 3. The van der Waals surface area contributed by atoms with Crippen molar-refractivity contribution < 1.29 is 4.39 Å². The summed E-state index contributed by atoms with van der Waals surface area (Å²) in [4.78, 5) is 9.81. The van der Waals surface area contributed by atoms with E-state index in [1.807, 2.05) is 0 Å². The predicted molar refractivity (Wildman–Crippen MR) is 43.7 cm³/mol. The second kappa shape index (κ2) is 2.34. The third-order valence-electron chi connectivity index (χ3n) is 1.51. The quantitative estimate of drug-likeness (QED) is 0.493. The molecule has 2 rings (SSSR count). The summed E-state index contributed by atoms with van der Waals surface area (Å²) >= 11 is 4.87. The van der Waals surface area contributed by atoms with Gasteiger partial charge in [0, 0.05) is 13.2 Å². The minimum absolute atomic E-state index is 0.315. The molecule has 2 aromatic heterocycles. The Morgan fingerprint density at radius 1 is 1.58 bits per heavy atom. The Balaban J connectivity index is 2.92. The average molecular weight is 184 g/mol. The number of imidazole rings is 1. The Bertz CT molecular complexity index is 486. The van der Waals surface area contributed by atoms with E-state index in [4.69, 9.17) is 12.2 Å². The van der Waals surface area contributed by atoms with Gasteiger partial charge in [-0.05, 0) is 12.2 Å². The number of rotatable bonds is 0. The standard InChI is InChI=1S/C6H5FN4S/c1-11-2-3-4(10-6(11)12)9-5(7)8-3/h2H,1H3,(H,8,9,10,12). The summed E-state index contributed by atoms with van der Waals surface area (Å²) in [5.74, 6) is 0. The summed E-state index contributed by atoms with van der Waals surface area (Å²) < 4.78 is 14.5. The van der Waals surface area contributed by atoms with Crippen LogP contribution in [0.3, 0.4) is 0 Å². The summed E-state index contributed by atoms with van der Waals surface area (Å²) in [5, 5.41) is 0. The van der Waals surface area contributed by atoms with Crippen molar-refractivity contribution in [3.05, 3.63) is 17.0 Å². The molecular weight excluding hydrogens is 179 g/mol. The Labute approximate surface area is 72.1 Å². The van der Waals surface area contributed by atoms with E-state index in [1.54, 1.807) is 17.8 Å². The van der Waals surface area contributed by atoms with Crippen molar-refractivity contribution in [3.8, 4) is 0 Å². The lowest BCUT2D eigenvalue weighted by molar-refractivity contribution is 0.556. The highest BCUT2D eigenvalue weighted by atomic mass is 32.1. The molecule has 0 aliphatic rings. The molecule has 0 unspecified atom stereocenters. The lowest BCUT2D eigenvalue weighted by atomic mass is 10.6. The second-order valence-electron chi connectivity index (χ2n) is 2.40. The normalized spacial score (nSPS) is 10.8. The Hall–Kier alpha value is -1.30. The molecule has 4 nitrogen and oxygen atoms in total. The third-order valence-corrected chi connectivity index (χ3v) is 1.89. The van der Waals surface area contributed by atoms with Crippen molar-refractivity contribution in [2.75, 3.05) is 0 Å². The van der Waals surface area contributed by atoms with E-state index in [0.29, 0.717) is 15.9 Å². The molecule has 0 atom stereocenters. The SMILES string of the molecule is Cn1cc2[nH]c(F)nc2nc1=S.